The summed E-state index contributed by atoms with van der Waals surface area (Å²) in [5.41, 5.74) is 1.68. The van der Waals surface area contributed by atoms with Crippen molar-refractivity contribution < 1.29 is 13.9 Å². The van der Waals surface area contributed by atoms with Crippen LogP contribution in [0.3, 0.4) is 0 Å². The van der Waals surface area contributed by atoms with Crippen LogP contribution in [-0.2, 0) is 6.42 Å². The Kier molecular flexibility index (Phi) is 1.98. The molecule has 1 aromatic carbocycles. The third-order valence-electron chi connectivity index (χ3n) is 2.79. The fourth-order valence-corrected chi connectivity index (χ4v) is 2.32. The van der Waals surface area contributed by atoms with Crippen LogP contribution in [0.15, 0.2) is 16.5 Å². The van der Waals surface area contributed by atoms with Crippen LogP contribution in [0.2, 0.25) is 5.02 Å². The van der Waals surface area contributed by atoms with Gasteiger partial charge in [0, 0.05) is 17.4 Å². The summed E-state index contributed by atoms with van der Waals surface area (Å²) in [6, 6.07) is 3.84. The van der Waals surface area contributed by atoms with Gasteiger partial charge in [0.05, 0.1) is 5.02 Å². The zero-order chi connectivity index (χ0) is 11.3. The van der Waals surface area contributed by atoms with E-state index in [1.807, 2.05) is 19.1 Å². The average Bonchev–Trinajstić information content (AvgIpc) is 2.78. The average molecular weight is 237 g/mol. The zero-order valence-electron chi connectivity index (χ0n) is 8.62. The van der Waals surface area contributed by atoms with Crippen LogP contribution in [0.5, 0.6) is 5.75 Å². The molecule has 1 atom stereocenters. The molecule has 0 amide bonds. The first-order chi connectivity index (χ1) is 7.70. The number of halogens is 1. The molecule has 1 aliphatic rings. The second-order valence-corrected chi connectivity index (χ2v) is 4.34. The standard InChI is InChI=1S/C12H9ClO3/c1-6-4-7-2-3-8-10(13)9(5-14)16-12(8)11(7)15-6/h2-3,5-6H,4H2,1H3. The normalized spacial score (nSPS) is 18.5. The molecule has 0 fully saturated rings. The molecule has 0 radical (unpaired) electrons. The van der Waals surface area contributed by atoms with E-state index in [0.29, 0.717) is 16.9 Å². The highest BCUT2D eigenvalue weighted by atomic mass is 35.5. The molecular weight excluding hydrogens is 228 g/mol. The molecule has 0 spiro atoms. The van der Waals surface area contributed by atoms with Crippen molar-refractivity contribution in [3.8, 4) is 5.75 Å². The number of carbonyl (C=O) groups excluding carboxylic acids is 1. The first-order valence-corrected chi connectivity index (χ1v) is 5.44. The highest BCUT2D eigenvalue weighted by Gasteiger charge is 2.25. The number of fused-ring (bicyclic) bond motifs is 3. The number of hydrogen-bond acceptors (Lipinski definition) is 3. The number of aldehydes is 1. The minimum absolute atomic E-state index is 0.143. The second kappa shape index (κ2) is 3.25. The minimum Gasteiger partial charge on any atom is -0.486 e. The summed E-state index contributed by atoms with van der Waals surface area (Å²) in [7, 11) is 0. The largest absolute Gasteiger partial charge is 0.486 e. The maximum absolute atomic E-state index is 10.7. The topological polar surface area (TPSA) is 39.4 Å². The third-order valence-corrected chi connectivity index (χ3v) is 3.18. The van der Waals surface area contributed by atoms with E-state index in [1.54, 1.807) is 0 Å². The summed E-state index contributed by atoms with van der Waals surface area (Å²) in [5.74, 6) is 0.883. The van der Waals surface area contributed by atoms with Gasteiger partial charge in [0.25, 0.3) is 0 Å². The molecule has 3 nitrogen and oxygen atoms in total. The third kappa shape index (κ3) is 1.18. The smallest absolute Gasteiger partial charge is 0.186 e. The molecule has 0 N–H and O–H groups in total. The van der Waals surface area contributed by atoms with Gasteiger partial charge in [-0.2, -0.15) is 0 Å². The molecule has 0 saturated carbocycles. The Morgan fingerprint density at radius 2 is 2.31 bits per heavy atom. The molecule has 82 valence electrons. The fourth-order valence-electron chi connectivity index (χ4n) is 2.08. The monoisotopic (exact) mass is 236 g/mol. The lowest BCUT2D eigenvalue weighted by atomic mass is 10.1. The van der Waals surface area contributed by atoms with E-state index in [2.05, 4.69) is 0 Å². The molecule has 1 aliphatic heterocycles. The van der Waals surface area contributed by atoms with E-state index in [4.69, 9.17) is 20.8 Å². The number of ether oxygens (including phenoxy) is 1. The predicted molar refractivity (Wildman–Crippen MR) is 60.4 cm³/mol. The number of hydrogen-bond donors (Lipinski definition) is 0. The van der Waals surface area contributed by atoms with Crippen LogP contribution >= 0.6 is 11.6 Å². The van der Waals surface area contributed by atoms with E-state index >= 15 is 0 Å². The van der Waals surface area contributed by atoms with Crippen molar-refractivity contribution in [1.82, 2.24) is 0 Å². The molecule has 3 rings (SSSR count). The summed E-state index contributed by atoms with van der Waals surface area (Å²) in [5, 5.41) is 1.09. The van der Waals surface area contributed by atoms with Crippen LogP contribution in [0.25, 0.3) is 11.0 Å². The Morgan fingerprint density at radius 3 is 3.06 bits per heavy atom. The van der Waals surface area contributed by atoms with Crippen molar-refractivity contribution >= 4 is 28.9 Å². The van der Waals surface area contributed by atoms with Crippen LogP contribution in [0, 0.1) is 0 Å². The van der Waals surface area contributed by atoms with Crippen molar-refractivity contribution in [2.75, 3.05) is 0 Å². The van der Waals surface area contributed by atoms with Crippen molar-refractivity contribution in [2.45, 2.75) is 19.4 Å². The van der Waals surface area contributed by atoms with Gasteiger partial charge >= 0.3 is 0 Å². The Morgan fingerprint density at radius 1 is 1.50 bits per heavy atom. The second-order valence-electron chi connectivity index (χ2n) is 3.96. The molecule has 0 aliphatic carbocycles. The lowest BCUT2D eigenvalue weighted by Gasteiger charge is -2.02. The summed E-state index contributed by atoms with van der Waals surface area (Å²) in [6.45, 7) is 2.00. The molecular formula is C12H9ClO3. The molecule has 1 unspecified atom stereocenters. The first-order valence-electron chi connectivity index (χ1n) is 5.06. The summed E-state index contributed by atoms with van der Waals surface area (Å²) >= 11 is 6.01. The van der Waals surface area contributed by atoms with Crippen LogP contribution in [0.1, 0.15) is 23.0 Å². The van der Waals surface area contributed by atoms with Crippen molar-refractivity contribution in [1.29, 1.82) is 0 Å². The predicted octanol–water partition coefficient (Wildman–Crippen LogP) is 3.22. The van der Waals surface area contributed by atoms with Gasteiger partial charge in [0.15, 0.2) is 23.4 Å². The lowest BCUT2D eigenvalue weighted by molar-refractivity contribution is 0.110. The fraction of sp³-hybridized carbons (Fsp3) is 0.250. The minimum atomic E-state index is 0.143. The molecule has 0 bridgehead atoms. The summed E-state index contributed by atoms with van der Waals surface area (Å²) in [4.78, 5) is 10.7. The van der Waals surface area contributed by atoms with Gasteiger partial charge in [-0.1, -0.05) is 17.7 Å². The van der Waals surface area contributed by atoms with Crippen molar-refractivity contribution in [2.24, 2.45) is 0 Å². The van der Waals surface area contributed by atoms with Crippen LogP contribution in [0.4, 0.5) is 0 Å². The maximum Gasteiger partial charge on any atom is 0.186 e. The summed E-state index contributed by atoms with van der Waals surface area (Å²) < 4.78 is 11.1. The molecule has 1 aromatic heterocycles. The van der Waals surface area contributed by atoms with Gasteiger partial charge < -0.3 is 9.15 Å². The maximum atomic E-state index is 10.7. The van der Waals surface area contributed by atoms with Gasteiger partial charge in [0.1, 0.15) is 6.10 Å². The molecule has 0 saturated heterocycles. The molecule has 2 heterocycles. The van der Waals surface area contributed by atoms with Crippen LogP contribution < -0.4 is 4.74 Å². The first kappa shape index (κ1) is 9.73. The van der Waals surface area contributed by atoms with Gasteiger partial charge in [-0.05, 0) is 13.0 Å². The SMILES string of the molecule is CC1Cc2ccc3c(Cl)c(C=O)oc3c2O1. The number of carbonyl (C=O) groups is 1. The van der Waals surface area contributed by atoms with Crippen molar-refractivity contribution in [3.63, 3.8) is 0 Å². The zero-order valence-corrected chi connectivity index (χ0v) is 9.38. The highest BCUT2D eigenvalue weighted by molar-refractivity contribution is 6.37. The number of furan rings is 1. The molecule has 4 heteroatoms. The molecule has 2 aromatic rings. The van der Waals surface area contributed by atoms with Gasteiger partial charge in [-0.3, -0.25) is 4.79 Å². The van der Waals surface area contributed by atoms with E-state index in [9.17, 15) is 4.79 Å². The van der Waals surface area contributed by atoms with E-state index in [0.717, 1.165) is 23.1 Å². The number of rotatable bonds is 1. The summed E-state index contributed by atoms with van der Waals surface area (Å²) in [6.07, 6.45) is 1.62. The van der Waals surface area contributed by atoms with Crippen LogP contribution in [-0.4, -0.2) is 12.4 Å². The Bertz CT molecular complexity index is 585. The quantitative estimate of drug-likeness (QED) is 0.714. The van der Waals surface area contributed by atoms with Crippen molar-refractivity contribution in [3.05, 3.63) is 28.5 Å². The Labute approximate surface area is 96.9 Å². The van der Waals surface area contributed by atoms with Gasteiger partial charge in [-0.25, -0.2) is 0 Å². The van der Waals surface area contributed by atoms with Gasteiger partial charge in [-0.15, -0.1) is 0 Å². The van der Waals surface area contributed by atoms with E-state index in [1.165, 1.54) is 0 Å². The van der Waals surface area contributed by atoms with E-state index in [-0.39, 0.29) is 11.9 Å². The lowest BCUT2D eigenvalue weighted by Crippen LogP contribution is -2.05. The highest BCUT2D eigenvalue weighted by Crippen LogP contribution is 2.41. The molecule has 16 heavy (non-hydrogen) atoms. The van der Waals surface area contributed by atoms with Gasteiger partial charge in [0.2, 0.25) is 0 Å². The van der Waals surface area contributed by atoms with E-state index < -0.39 is 0 Å². The number of benzene rings is 1. The Balaban J connectivity index is 2.34. The Hall–Kier alpha value is -1.48.